The Balaban J connectivity index is 2.88. The first-order chi connectivity index (χ1) is 6.69. The van der Waals surface area contributed by atoms with E-state index in [4.69, 9.17) is 11.6 Å². The van der Waals surface area contributed by atoms with E-state index in [9.17, 15) is 0 Å². The average molecular weight is 324 g/mol. The summed E-state index contributed by atoms with van der Waals surface area (Å²) in [5.41, 5.74) is 1.28. The number of hydrogen-bond acceptors (Lipinski definition) is 1. The summed E-state index contributed by atoms with van der Waals surface area (Å²) < 4.78 is 1.11. The van der Waals surface area contributed by atoms with Gasteiger partial charge in [-0.25, -0.2) is 0 Å². The lowest BCUT2D eigenvalue weighted by Crippen LogP contribution is -2.19. The van der Waals surface area contributed by atoms with Crippen LogP contribution >= 0.6 is 34.2 Å². The van der Waals surface area contributed by atoms with Gasteiger partial charge in [-0.15, -0.1) is 0 Å². The van der Waals surface area contributed by atoms with Gasteiger partial charge in [-0.3, -0.25) is 0 Å². The molecule has 1 aromatic rings. The molecule has 0 amide bonds. The van der Waals surface area contributed by atoms with Gasteiger partial charge < -0.3 is 5.32 Å². The Morgan fingerprint density at radius 1 is 1.43 bits per heavy atom. The summed E-state index contributed by atoms with van der Waals surface area (Å²) in [7, 11) is 0. The Labute approximate surface area is 104 Å². The van der Waals surface area contributed by atoms with Gasteiger partial charge in [0.25, 0.3) is 0 Å². The molecule has 3 heteroatoms. The molecule has 0 spiro atoms. The highest BCUT2D eigenvalue weighted by atomic mass is 127. The summed E-state index contributed by atoms with van der Waals surface area (Å²) in [5, 5.41) is 4.28. The topological polar surface area (TPSA) is 12.0 Å². The maximum Gasteiger partial charge on any atom is 0.0542 e. The first-order valence-electron chi connectivity index (χ1n) is 4.87. The van der Waals surface area contributed by atoms with Crippen molar-refractivity contribution in [3.63, 3.8) is 0 Å². The van der Waals surface area contributed by atoms with Gasteiger partial charge in [-0.2, -0.15) is 0 Å². The van der Waals surface area contributed by atoms with E-state index in [1.165, 1.54) is 5.56 Å². The highest BCUT2D eigenvalue weighted by Crippen LogP contribution is 2.24. The second-order valence-electron chi connectivity index (χ2n) is 3.19. The van der Waals surface area contributed by atoms with Crippen molar-refractivity contribution in [2.24, 2.45) is 0 Å². The number of benzene rings is 1. The van der Waals surface area contributed by atoms with Crippen LogP contribution in [0.3, 0.4) is 0 Å². The fourth-order valence-electron chi connectivity index (χ4n) is 1.47. The molecular weight excluding hydrogens is 308 g/mol. The van der Waals surface area contributed by atoms with Crippen LogP contribution < -0.4 is 5.32 Å². The largest absolute Gasteiger partial charge is 0.310 e. The fourth-order valence-corrected chi connectivity index (χ4v) is 2.00. The molecule has 0 aliphatic rings. The van der Waals surface area contributed by atoms with Gasteiger partial charge in [0.05, 0.1) is 5.02 Å². The van der Waals surface area contributed by atoms with Gasteiger partial charge in [0.2, 0.25) is 0 Å². The number of rotatable bonds is 4. The molecule has 0 fully saturated rings. The van der Waals surface area contributed by atoms with Crippen molar-refractivity contribution in [2.75, 3.05) is 6.54 Å². The van der Waals surface area contributed by atoms with Crippen molar-refractivity contribution in [2.45, 2.75) is 26.3 Å². The molecule has 0 saturated carbocycles. The van der Waals surface area contributed by atoms with E-state index in [0.29, 0.717) is 6.04 Å². The van der Waals surface area contributed by atoms with Gasteiger partial charge in [0, 0.05) is 9.61 Å². The molecule has 0 aromatic heterocycles. The maximum absolute atomic E-state index is 6.08. The smallest absolute Gasteiger partial charge is 0.0542 e. The minimum absolute atomic E-state index is 0.425. The third-order valence-corrected chi connectivity index (χ3v) is 3.78. The van der Waals surface area contributed by atoms with Crippen molar-refractivity contribution >= 4 is 34.2 Å². The van der Waals surface area contributed by atoms with E-state index in [1.807, 2.05) is 0 Å². The Hall–Kier alpha value is 0.200. The Bertz CT molecular complexity index is 301. The molecule has 1 nitrogen and oxygen atoms in total. The minimum Gasteiger partial charge on any atom is -0.310 e. The summed E-state index contributed by atoms with van der Waals surface area (Å²) >= 11 is 8.33. The summed E-state index contributed by atoms with van der Waals surface area (Å²) in [6.45, 7) is 5.29. The van der Waals surface area contributed by atoms with Crippen LogP contribution in [0.2, 0.25) is 5.02 Å². The first kappa shape index (κ1) is 12.3. The molecule has 0 saturated heterocycles. The van der Waals surface area contributed by atoms with Crippen molar-refractivity contribution in [3.05, 3.63) is 32.4 Å². The number of halogens is 2. The zero-order valence-electron chi connectivity index (χ0n) is 8.48. The minimum atomic E-state index is 0.425. The average Bonchev–Trinajstić information content (AvgIpc) is 2.19. The molecule has 0 bridgehead atoms. The van der Waals surface area contributed by atoms with Gasteiger partial charge >= 0.3 is 0 Å². The molecule has 1 unspecified atom stereocenters. The first-order valence-corrected chi connectivity index (χ1v) is 6.33. The maximum atomic E-state index is 6.08. The zero-order valence-corrected chi connectivity index (χ0v) is 11.4. The van der Waals surface area contributed by atoms with E-state index < -0.39 is 0 Å². The Morgan fingerprint density at radius 2 is 2.14 bits per heavy atom. The summed E-state index contributed by atoms with van der Waals surface area (Å²) in [5.74, 6) is 0. The second kappa shape index (κ2) is 5.93. The van der Waals surface area contributed by atoms with E-state index in [0.717, 1.165) is 21.6 Å². The van der Waals surface area contributed by atoms with Gasteiger partial charge in [0.15, 0.2) is 0 Å². The standard InChI is InChI=1S/C11H15ClIN/c1-3-11(14-4-2)8-5-6-10(13)9(12)7-8/h5-7,11,14H,3-4H2,1-2H3. The molecule has 14 heavy (non-hydrogen) atoms. The van der Waals surface area contributed by atoms with Gasteiger partial charge in [-0.05, 0) is 53.3 Å². The van der Waals surface area contributed by atoms with Gasteiger partial charge in [-0.1, -0.05) is 31.5 Å². The molecule has 0 aliphatic heterocycles. The lowest BCUT2D eigenvalue weighted by molar-refractivity contribution is 0.537. The summed E-state index contributed by atoms with van der Waals surface area (Å²) in [6.07, 6.45) is 1.09. The Morgan fingerprint density at radius 3 is 2.64 bits per heavy atom. The molecule has 0 radical (unpaired) electrons. The van der Waals surface area contributed by atoms with Crippen LogP contribution in [0.5, 0.6) is 0 Å². The summed E-state index contributed by atoms with van der Waals surface area (Å²) in [4.78, 5) is 0. The zero-order chi connectivity index (χ0) is 10.6. The highest BCUT2D eigenvalue weighted by molar-refractivity contribution is 14.1. The molecule has 1 rings (SSSR count). The van der Waals surface area contributed by atoms with Crippen LogP contribution in [0.1, 0.15) is 31.9 Å². The summed E-state index contributed by atoms with van der Waals surface area (Å²) in [6, 6.07) is 6.69. The normalized spacial score (nSPS) is 12.9. The fraction of sp³-hybridized carbons (Fsp3) is 0.455. The molecular formula is C11H15ClIN. The van der Waals surface area contributed by atoms with Crippen molar-refractivity contribution < 1.29 is 0 Å². The lowest BCUT2D eigenvalue weighted by Gasteiger charge is -2.16. The van der Waals surface area contributed by atoms with Crippen LogP contribution in [0.4, 0.5) is 0 Å². The quantitative estimate of drug-likeness (QED) is 0.826. The monoisotopic (exact) mass is 323 g/mol. The molecule has 78 valence electrons. The third kappa shape index (κ3) is 3.11. The van der Waals surface area contributed by atoms with E-state index in [-0.39, 0.29) is 0 Å². The second-order valence-corrected chi connectivity index (χ2v) is 4.76. The van der Waals surface area contributed by atoms with Crippen LogP contribution in [-0.2, 0) is 0 Å². The molecule has 1 atom stereocenters. The molecule has 1 N–H and O–H groups in total. The predicted molar refractivity (Wildman–Crippen MR) is 70.9 cm³/mol. The van der Waals surface area contributed by atoms with E-state index >= 15 is 0 Å². The predicted octanol–water partition coefficient (Wildman–Crippen LogP) is 4.01. The number of hydrogen-bond donors (Lipinski definition) is 1. The lowest BCUT2D eigenvalue weighted by atomic mass is 10.0. The molecule has 1 aromatic carbocycles. The van der Waals surface area contributed by atoms with Crippen LogP contribution in [0, 0.1) is 3.57 Å². The van der Waals surface area contributed by atoms with Crippen LogP contribution in [-0.4, -0.2) is 6.54 Å². The molecule has 0 heterocycles. The van der Waals surface area contributed by atoms with Crippen molar-refractivity contribution in [1.29, 1.82) is 0 Å². The third-order valence-electron chi connectivity index (χ3n) is 2.20. The molecule has 0 aliphatic carbocycles. The van der Waals surface area contributed by atoms with Crippen LogP contribution in [0.25, 0.3) is 0 Å². The number of nitrogens with one attached hydrogen (secondary N) is 1. The van der Waals surface area contributed by atoms with Crippen molar-refractivity contribution in [3.8, 4) is 0 Å². The van der Waals surface area contributed by atoms with Crippen molar-refractivity contribution in [1.82, 2.24) is 5.32 Å². The highest BCUT2D eigenvalue weighted by Gasteiger charge is 2.08. The van der Waals surface area contributed by atoms with Crippen LogP contribution in [0.15, 0.2) is 18.2 Å². The van der Waals surface area contributed by atoms with E-state index in [1.54, 1.807) is 0 Å². The van der Waals surface area contributed by atoms with Gasteiger partial charge in [0.1, 0.15) is 0 Å². The Kier molecular flexibility index (Phi) is 5.20. The SMILES string of the molecule is CCNC(CC)c1ccc(I)c(Cl)c1. The van der Waals surface area contributed by atoms with E-state index in [2.05, 4.69) is 60.0 Å².